The van der Waals surface area contributed by atoms with Crippen LogP contribution in [-0.4, -0.2) is 23.0 Å². The summed E-state index contributed by atoms with van der Waals surface area (Å²) in [5.41, 5.74) is 1.27. The highest BCUT2D eigenvalue weighted by Crippen LogP contribution is 2.14. The molecule has 122 valence electrons. The number of hydrogen-bond donors (Lipinski definition) is 2. The lowest BCUT2D eigenvalue weighted by Gasteiger charge is -2.20. The largest absolute Gasteiger partial charge is 0.361 e. The molecule has 0 radical (unpaired) electrons. The number of nitrogens with zero attached hydrogens (tertiary/aromatic N) is 1. The summed E-state index contributed by atoms with van der Waals surface area (Å²) in [5, 5.41) is 9.38. The molecule has 2 rings (SSSR count). The van der Waals surface area contributed by atoms with Crippen LogP contribution in [0.2, 0.25) is 0 Å². The van der Waals surface area contributed by atoms with Crippen LogP contribution in [0.25, 0.3) is 0 Å². The Morgan fingerprint density at radius 2 is 1.87 bits per heavy atom. The molecular formula is C17H21N3O3. The molecule has 0 saturated heterocycles. The van der Waals surface area contributed by atoms with Gasteiger partial charge in [0.2, 0.25) is 11.8 Å². The first-order chi connectivity index (χ1) is 11.0. The fraction of sp³-hybridized carbons (Fsp3) is 0.353. The number of carbonyl (C=O) groups excluding carboxylic acids is 2. The summed E-state index contributed by atoms with van der Waals surface area (Å²) in [6.07, 6.45) is 0.0651. The van der Waals surface area contributed by atoms with Crippen LogP contribution in [0.15, 0.2) is 40.9 Å². The second kappa shape index (κ2) is 7.58. The number of aromatic nitrogens is 1. The number of hydrogen-bond acceptors (Lipinski definition) is 4. The van der Waals surface area contributed by atoms with Crippen molar-refractivity contribution < 1.29 is 14.1 Å². The molecule has 2 amide bonds. The van der Waals surface area contributed by atoms with E-state index in [2.05, 4.69) is 15.8 Å². The molecule has 1 aromatic carbocycles. The second-order valence-corrected chi connectivity index (χ2v) is 5.68. The molecule has 0 aliphatic carbocycles. The van der Waals surface area contributed by atoms with Gasteiger partial charge in [-0.05, 0) is 26.3 Å². The average Bonchev–Trinajstić information content (AvgIpc) is 2.90. The van der Waals surface area contributed by atoms with Crippen molar-refractivity contribution in [2.45, 2.75) is 39.3 Å². The van der Waals surface area contributed by atoms with Gasteiger partial charge in [0.05, 0.1) is 12.1 Å². The maximum atomic E-state index is 12.4. The van der Waals surface area contributed by atoms with E-state index >= 15 is 0 Å². The fourth-order valence-electron chi connectivity index (χ4n) is 2.19. The standard InChI is InChI=1S/C17H21N3O3/c1-11(2)18-17(22)16(13-7-5-4-6-8-13)19-15(21)10-14-9-12(3)23-20-14/h4-9,11,16H,10H2,1-3H3,(H,18,22)(H,19,21). The van der Waals surface area contributed by atoms with Crippen molar-refractivity contribution in [3.8, 4) is 0 Å². The number of amides is 2. The van der Waals surface area contributed by atoms with Gasteiger partial charge in [-0.1, -0.05) is 35.5 Å². The van der Waals surface area contributed by atoms with Gasteiger partial charge < -0.3 is 15.2 Å². The first-order valence-corrected chi connectivity index (χ1v) is 7.52. The molecule has 1 unspecified atom stereocenters. The molecule has 0 fully saturated rings. The Labute approximate surface area is 135 Å². The quantitative estimate of drug-likeness (QED) is 0.853. The van der Waals surface area contributed by atoms with Gasteiger partial charge in [-0.15, -0.1) is 0 Å². The van der Waals surface area contributed by atoms with Crippen molar-refractivity contribution in [3.63, 3.8) is 0 Å². The molecule has 6 nitrogen and oxygen atoms in total. The molecule has 2 N–H and O–H groups in total. The van der Waals surface area contributed by atoms with Crippen molar-refractivity contribution >= 4 is 11.8 Å². The summed E-state index contributed by atoms with van der Waals surface area (Å²) in [5.74, 6) is 0.118. The predicted octanol–water partition coefficient (Wildman–Crippen LogP) is 1.91. The SMILES string of the molecule is Cc1cc(CC(=O)NC(C(=O)NC(C)C)c2ccccc2)no1. The van der Waals surface area contributed by atoms with Crippen molar-refractivity contribution in [2.75, 3.05) is 0 Å². The Balaban J connectivity index is 2.10. The molecule has 2 aromatic rings. The monoisotopic (exact) mass is 315 g/mol. The smallest absolute Gasteiger partial charge is 0.247 e. The lowest BCUT2D eigenvalue weighted by molar-refractivity contribution is -0.129. The molecule has 0 saturated carbocycles. The molecule has 0 aliphatic rings. The molecule has 23 heavy (non-hydrogen) atoms. The van der Waals surface area contributed by atoms with Crippen molar-refractivity contribution in [1.29, 1.82) is 0 Å². The molecule has 0 spiro atoms. The Morgan fingerprint density at radius 1 is 1.17 bits per heavy atom. The van der Waals surface area contributed by atoms with Crippen LogP contribution in [0, 0.1) is 6.92 Å². The zero-order valence-electron chi connectivity index (χ0n) is 13.5. The van der Waals surface area contributed by atoms with E-state index in [9.17, 15) is 9.59 Å². The maximum Gasteiger partial charge on any atom is 0.247 e. The highest BCUT2D eigenvalue weighted by atomic mass is 16.5. The van der Waals surface area contributed by atoms with Gasteiger partial charge in [-0.2, -0.15) is 0 Å². The summed E-state index contributed by atoms with van der Waals surface area (Å²) in [6, 6.07) is 10.1. The van der Waals surface area contributed by atoms with E-state index in [1.54, 1.807) is 13.0 Å². The molecule has 1 atom stereocenters. The van der Waals surface area contributed by atoms with Crippen molar-refractivity contribution in [1.82, 2.24) is 15.8 Å². The molecular weight excluding hydrogens is 294 g/mol. The van der Waals surface area contributed by atoms with Gasteiger partial charge >= 0.3 is 0 Å². The van der Waals surface area contributed by atoms with Crippen LogP contribution in [0.3, 0.4) is 0 Å². The Bertz CT molecular complexity index is 665. The lowest BCUT2D eigenvalue weighted by atomic mass is 10.1. The minimum atomic E-state index is -0.737. The van der Waals surface area contributed by atoms with Gasteiger partial charge in [0.1, 0.15) is 11.8 Å². The van der Waals surface area contributed by atoms with Crippen LogP contribution in [0.5, 0.6) is 0 Å². The van der Waals surface area contributed by atoms with Crippen LogP contribution in [0.1, 0.15) is 36.9 Å². The summed E-state index contributed by atoms with van der Waals surface area (Å²) >= 11 is 0. The number of carbonyl (C=O) groups is 2. The van der Waals surface area contributed by atoms with Gasteiger partial charge in [0.25, 0.3) is 0 Å². The van der Waals surface area contributed by atoms with Gasteiger partial charge in [0, 0.05) is 12.1 Å². The first kappa shape index (κ1) is 16.7. The highest BCUT2D eigenvalue weighted by molar-refractivity contribution is 5.89. The van der Waals surface area contributed by atoms with Crippen LogP contribution in [0.4, 0.5) is 0 Å². The molecule has 0 aliphatic heterocycles. The van der Waals surface area contributed by atoms with E-state index in [0.29, 0.717) is 11.5 Å². The zero-order valence-corrected chi connectivity index (χ0v) is 13.5. The Hall–Kier alpha value is -2.63. The van der Waals surface area contributed by atoms with E-state index in [-0.39, 0.29) is 24.3 Å². The Kier molecular flexibility index (Phi) is 5.51. The summed E-state index contributed by atoms with van der Waals surface area (Å²) in [6.45, 7) is 5.51. The fourth-order valence-corrected chi connectivity index (χ4v) is 2.19. The van der Waals surface area contributed by atoms with E-state index < -0.39 is 6.04 Å². The second-order valence-electron chi connectivity index (χ2n) is 5.68. The minimum absolute atomic E-state index is 0.0104. The van der Waals surface area contributed by atoms with Crippen molar-refractivity contribution in [3.05, 3.63) is 53.4 Å². The Morgan fingerprint density at radius 3 is 2.43 bits per heavy atom. The third kappa shape index (κ3) is 4.95. The normalized spacial score (nSPS) is 12.0. The highest BCUT2D eigenvalue weighted by Gasteiger charge is 2.23. The number of aryl methyl sites for hydroxylation is 1. The van der Waals surface area contributed by atoms with Crippen LogP contribution < -0.4 is 10.6 Å². The van der Waals surface area contributed by atoms with Crippen molar-refractivity contribution in [2.24, 2.45) is 0 Å². The summed E-state index contributed by atoms with van der Waals surface area (Å²) in [7, 11) is 0. The maximum absolute atomic E-state index is 12.4. The average molecular weight is 315 g/mol. The van der Waals surface area contributed by atoms with E-state index in [1.165, 1.54) is 0 Å². The third-order valence-corrected chi connectivity index (χ3v) is 3.15. The first-order valence-electron chi connectivity index (χ1n) is 7.52. The summed E-state index contributed by atoms with van der Waals surface area (Å²) < 4.78 is 4.95. The summed E-state index contributed by atoms with van der Waals surface area (Å²) in [4.78, 5) is 24.6. The topological polar surface area (TPSA) is 84.2 Å². The number of benzene rings is 1. The lowest BCUT2D eigenvalue weighted by Crippen LogP contribution is -2.43. The van der Waals surface area contributed by atoms with E-state index in [0.717, 1.165) is 5.56 Å². The zero-order chi connectivity index (χ0) is 16.8. The number of nitrogens with one attached hydrogen (secondary N) is 2. The van der Waals surface area contributed by atoms with Gasteiger partial charge in [-0.3, -0.25) is 9.59 Å². The number of rotatable bonds is 6. The van der Waals surface area contributed by atoms with Gasteiger partial charge in [-0.25, -0.2) is 0 Å². The molecule has 1 heterocycles. The van der Waals surface area contributed by atoms with Gasteiger partial charge in [0.15, 0.2) is 0 Å². The minimum Gasteiger partial charge on any atom is -0.361 e. The van der Waals surface area contributed by atoms with Crippen LogP contribution >= 0.6 is 0 Å². The van der Waals surface area contributed by atoms with Crippen LogP contribution in [-0.2, 0) is 16.0 Å². The predicted molar refractivity (Wildman–Crippen MR) is 85.5 cm³/mol. The molecule has 1 aromatic heterocycles. The van der Waals surface area contributed by atoms with E-state index in [1.807, 2.05) is 44.2 Å². The van der Waals surface area contributed by atoms with E-state index in [4.69, 9.17) is 4.52 Å². The molecule has 6 heteroatoms. The molecule has 0 bridgehead atoms. The third-order valence-electron chi connectivity index (χ3n) is 3.15.